The molecule has 0 bridgehead atoms. The molecule has 0 saturated carbocycles. The Hall–Kier alpha value is -2.40. The quantitative estimate of drug-likeness (QED) is 0.110. The standard InChI is InChI=1S/C17H26N2O2.C4H11N3O2.C2H7N/c1-13(7-8-18)9-15(11-16(20)12-19)17(21)10-14-5-3-2-4-6-14;1-2-3-5-4-6-7(8)9;1-2-3/h2-6,13,15H,7-12,18-19H2,1H3;5-6H,2-4H2,1H3;2-3H2,1H3. The first-order valence-corrected chi connectivity index (χ1v) is 11.5. The highest BCUT2D eigenvalue weighted by atomic mass is 16.7. The Morgan fingerprint density at radius 3 is 2.21 bits per heavy atom. The van der Waals surface area contributed by atoms with Crippen molar-refractivity contribution in [1.82, 2.24) is 10.7 Å². The third kappa shape index (κ3) is 21.2. The van der Waals surface area contributed by atoms with Crippen molar-refractivity contribution in [3.05, 3.63) is 46.0 Å². The molecule has 0 aliphatic carbocycles. The van der Waals surface area contributed by atoms with E-state index >= 15 is 0 Å². The predicted octanol–water partition coefficient (Wildman–Crippen LogP) is 1.40. The molecule has 0 aromatic heterocycles. The molecule has 10 heteroatoms. The van der Waals surface area contributed by atoms with E-state index in [0.29, 0.717) is 25.3 Å². The van der Waals surface area contributed by atoms with Gasteiger partial charge in [-0.2, -0.15) is 0 Å². The average molecular weight is 469 g/mol. The summed E-state index contributed by atoms with van der Waals surface area (Å²) in [5.74, 6) is 0.154. The molecule has 8 N–H and O–H groups in total. The highest BCUT2D eigenvalue weighted by Gasteiger charge is 2.23. The molecule has 1 aromatic rings. The van der Waals surface area contributed by atoms with E-state index in [0.717, 1.165) is 31.5 Å². The van der Waals surface area contributed by atoms with Crippen molar-refractivity contribution < 1.29 is 14.6 Å². The first-order valence-electron chi connectivity index (χ1n) is 11.5. The molecule has 0 saturated heterocycles. The minimum atomic E-state index is -0.567. The Labute approximate surface area is 198 Å². The number of carbonyl (C=O) groups excluding carboxylic acids is 2. The van der Waals surface area contributed by atoms with Crippen LogP contribution in [-0.4, -0.2) is 49.4 Å². The molecule has 0 aliphatic heterocycles. The van der Waals surface area contributed by atoms with Gasteiger partial charge in [-0.1, -0.05) is 51.1 Å². The van der Waals surface area contributed by atoms with Crippen LogP contribution in [0.15, 0.2) is 30.3 Å². The number of ketones is 2. The van der Waals surface area contributed by atoms with Crippen LogP contribution >= 0.6 is 0 Å². The lowest BCUT2D eigenvalue weighted by Gasteiger charge is -2.19. The summed E-state index contributed by atoms with van der Waals surface area (Å²) in [6.45, 7) is 8.37. The zero-order chi connectivity index (χ0) is 25.5. The SMILES string of the molecule is CC(CCN)CC(CC(=O)CN)C(=O)Cc1ccccc1.CCCNCN[N+](=O)[O-].CCN. The van der Waals surface area contributed by atoms with Gasteiger partial charge in [0.25, 0.3) is 0 Å². The van der Waals surface area contributed by atoms with E-state index in [2.05, 4.69) is 12.2 Å². The number of nitro groups is 1. The maximum absolute atomic E-state index is 12.5. The second-order valence-electron chi connectivity index (χ2n) is 7.69. The lowest BCUT2D eigenvalue weighted by Crippen LogP contribution is -2.33. The smallest absolute Gasteiger partial charge is 0.158 e. The minimum Gasteiger partial charge on any atom is -0.331 e. The maximum atomic E-state index is 12.5. The minimum absolute atomic E-state index is 0.000384. The van der Waals surface area contributed by atoms with Crippen LogP contribution in [0.2, 0.25) is 0 Å². The number of nitrogens with two attached hydrogens (primary N) is 3. The van der Waals surface area contributed by atoms with Crippen molar-refractivity contribution in [1.29, 1.82) is 0 Å². The van der Waals surface area contributed by atoms with Gasteiger partial charge in [0.15, 0.2) is 5.03 Å². The Kier molecular flexibility index (Phi) is 22.6. The number of nitrogens with zero attached hydrogens (tertiary/aromatic N) is 1. The number of rotatable bonds is 15. The summed E-state index contributed by atoms with van der Waals surface area (Å²) >= 11 is 0. The van der Waals surface area contributed by atoms with Crippen LogP contribution in [-0.2, 0) is 16.0 Å². The van der Waals surface area contributed by atoms with E-state index in [1.54, 1.807) is 0 Å². The van der Waals surface area contributed by atoms with E-state index in [1.165, 1.54) is 0 Å². The zero-order valence-corrected chi connectivity index (χ0v) is 20.4. The maximum Gasteiger partial charge on any atom is 0.158 e. The van der Waals surface area contributed by atoms with Crippen molar-refractivity contribution in [3.8, 4) is 0 Å². The van der Waals surface area contributed by atoms with Crippen molar-refractivity contribution in [2.75, 3.05) is 32.8 Å². The Morgan fingerprint density at radius 2 is 1.73 bits per heavy atom. The van der Waals surface area contributed by atoms with Crippen molar-refractivity contribution in [2.45, 2.75) is 52.9 Å². The molecule has 1 aromatic carbocycles. The molecule has 0 radical (unpaired) electrons. The normalized spacial score (nSPS) is 11.7. The van der Waals surface area contributed by atoms with Gasteiger partial charge in [0.1, 0.15) is 18.2 Å². The second-order valence-corrected chi connectivity index (χ2v) is 7.69. The van der Waals surface area contributed by atoms with E-state index in [1.807, 2.05) is 49.6 Å². The molecular formula is C23H44N6O4. The summed E-state index contributed by atoms with van der Waals surface area (Å²) in [5.41, 5.74) is 18.8. The molecule has 190 valence electrons. The summed E-state index contributed by atoms with van der Waals surface area (Å²) in [4.78, 5) is 33.7. The molecular weight excluding hydrogens is 424 g/mol. The van der Waals surface area contributed by atoms with Crippen LogP contribution in [0.1, 0.15) is 52.0 Å². The third-order valence-corrected chi connectivity index (χ3v) is 4.48. The fourth-order valence-electron chi connectivity index (χ4n) is 2.90. The Morgan fingerprint density at radius 1 is 1.12 bits per heavy atom. The molecule has 10 nitrogen and oxygen atoms in total. The number of hydrogen-bond donors (Lipinski definition) is 5. The van der Waals surface area contributed by atoms with Gasteiger partial charge in [0.05, 0.1) is 6.54 Å². The van der Waals surface area contributed by atoms with E-state index in [4.69, 9.17) is 17.2 Å². The van der Waals surface area contributed by atoms with Crippen LogP contribution in [0.4, 0.5) is 0 Å². The van der Waals surface area contributed by atoms with E-state index in [9.17, 15) is 19.7 Å². The number of hydrazine groups is 1. The van der Waals surface area contributed by atoms with Crippen LogP contribution in [0, 0.1) is 22.0 Å². The third-order valence-electron chi connectivity index (χ3n) is 4.48. The van der Waals surface area contributed by atoms with E-state index in [-0.39, 0.29) is 37.1 Å². The molecule has 1 rings (SSSR count). The van der Waals surface area contributed by atoms with Gasteiger partial charge in [-0.25, -0.2) is 10.1 Å². The predicted molar refractivity (Wildman–Crippen MR) is 133 cm³/mol. The van der Waals surface area contributed by atoms with Crippen LogP contribution in [0.25, 0.3) is 0 Å². The molecule has 0 fully saturated rings. The van der Waals surface area contributed by atoms with Crippen LogP contribution < -0.4 is 27.9 Å². The van der Waals surface area contributed by atoms with Crippen LogP contribution in [0.3, 0.4) is 0 Å². The summed E-state index contributed by atoms with van der Waals surface area (Å²) in [6, 6.07) is 9.62. The van der Waals surface area contributed by atoms with Gasteiger partial charge >= 0.3 is 0 Å². The summed E-state index contributed by atoms with van der Waals surface area (Å²) in [5, 5.41) is 11.9. The summed E-state index contributed by atoms with van der Waals surface area (Å²) < 4.78 is 0. The summed E-state index contributed by atoms with van der Waals surface area (Å²) in [6.07, 6.45) is 3.18. The highest BCUT2D eigenvalue weighted by Crippen LogP contribution is 2.21. The fraction of sp³-hybridized carbons (Fsp3) is 0.652. The second kappa shape index (κ2) is 22.8. The summed E-state index contributed by atoms with van der Waals surface area (Å²) in [7, 11) is 0. The molecule has 0 aliphatic rings. The van der Waals surface area contributed by atoms with Crippen molar-refractivity contribution in [3.63, 3.8) is 0 Å². The van der Waals surface area contributed by atoms with Gasteiger partial charge in [-0.15, -0.1) is 5.43 Å². The topological polar surface area (TPSA) is 179 Å². The van der Waals surface area contributed by atoms with E-state index < -0.39 is 5.03 Å². The van der Waals surface area contributed by atoms with Gasteiger partial charge < -0.3 is 17.2 Å². The zero-order valence-electron chi connectivity index (χ0n) is 20.4. The van der Waals surface area contributed by atoms with Gasteiger partial charge in [-0.3, -0.25) is 14.9 Å². The Bertz CT molecular complexity index is 631. The first kappa shape index (κ1) is 32.8. The lowest BCUT2D eigenvalue weighted by molar-refractivity contribution is -0.544. The molecule has 0 spiro atoms. The highest BCUT2D eigenvalue weighted by molar-refractivity contribution is 5.89. The molecule has 0 amide bonds. The Balaban J connectivity index is 0. The number of carbonyl (C=O) groups is 2. The van der Waals surface area contributed by atoms with Gasteiger partial charge in [-0.05, 0) is 50.4 Å². The first-order chi connectivity index (χ1) is 15.7. The fourth-order valence-corrected chi connectivity index (χ4v) is 2.90. The number of benzene rings is 1. The van der Waals surface area contributed by atoms with Gasteiger partial charge in [0.2, 0.25) is 0 Å². The molecule has 2 unspecified atom stereocenters. The lowest BCUT2D eigenvalue weighted by atomic mass is 9.85. The molecule has 0 heterocycles. The number of nitrogens with one attached hydrogen (secondary N) is 2. The number of Topliss-reactive ketones (excluding diaryl/α,β-unsaturated/α-hetero) is 2. The largest absolute Gasteiger partial charge is 0.331 e. The number of hydrogen-bond acceptors (Lipinski definition) is 8. The van der Waals surface area contributed by atoms with Crippen molar-refractivity contribution >= 4 is 11.6 Å². The van der Waals surface area contributed by atoms with Crippen molar-refractivity contribution in [2.24, 2.45) is 29.0 Å². The van der Waals surface area contributed by atoms with Gasteiger partial charge in [0, 0.05) is 18.8 Å². The average Bonchev–Trinajstić information content (AvgIpc) is 2.78. The molecule has 33 heavy (non-hydrogen) atoms. The van der Waals surface area contributed by atoms with Crippen LogP contribution in [0.5, 0.6) is 0 Å². The monoisotopic (exact) mass is 468 g/mol. The molecule has 2 atom stereocenters.